The molecule has 0 aromatic heterocycles. The van der Waals surface area contributed by atoms with Gasteiger partial charge in [-0.15, -0.1) is 0 Å². The number of nitrogens with one attached hydrogen (secondary N) is 1. The summed E-state index contributed by atoms with van der Waals surface area (Å²) in [6, 6.07) is 11.1. The molecule has 1 amide bonds. The molecule has 0 heterocycles. The maximum atomic E-state index is 14.1. The first-order chi connectivity index (χ1) is 11.5. The van der Waals surface area contributed by atoms with E-state index < -0.39 is 17.7 Å². The second-order valence-electron chi connectivity index (χ2n) is 6.20. The van der Waals surface area contributed by atoms with Crippen LogP contribution in [0, 0.1) is 18.7 Å². The average Bonchev–Trinajstić information content (AvgIpc) is 3.38. The highest BCUT2D eigenvalue weighted by Crippen LogP contribution is 2.41. The van der Waals surface area contributed by atoms with Gasteiger partial charge in [-0.25, -0.2) is 9.18 Å². The van der Waals surface area contributed by atoms with Crippen LogP contribution in [0.4, 0.5) is 4.39 Å². The van der Waals surface area contributed by atoms with Crippen LogP contribution in [0.15, 0.2) is 42.5 Å². The van der Waals surface area contributed by atoms with Crippen LogP contribution < -0.4 is 5.32 Å². The molecule has 2 aromatic rings. The lowest BCUT2D eigenvalue weighted by molar-refractivity contribution is 0.0695. The molecule has 2 N–H and O–H groups in total. The van der Waals surface area contributed by atoms with Crippen molar-refractivity contribution in [2.24, 2.45) is 5.92 Å². The van der Waals surface area contributed by atoms with E-state index in [-0.39, 0.29) is 17.2 Å². The highest BCUT2D eigenvalue weighted by atomic mass is 19.1. The molecule has 0 spiro atoms. The topological polar surface area (TPSA) is 66.4 Å². The van der Waals surface area contributed by atoms with E-state index >= 15 is 0 Å². The molecule has 0 aliphatic heterocycles. The largest absolute Gasteiger partial charge is 0.478 e. The van der Waals surface area contributed by atoms with Crippen LogP contribution in [0.2, 0.25) is 0 Å². The van der Waals surface area contributed by atoms with Crippen LogP contribution >= 0.6 is 0 Å². The van der Waals surface area contributed by atoms with Crippen molar-refractivity contribution >= 4 is 11.9 Å². The third-order valence-corrected chi connectivity index (χ3v) is 4.28. The summed E-state index contributed by atoms with van der Waals surface area (Å²) in [5.74, 6) is -2.22. The van der Waals surface area contributed by atoms with Crippen molar-refractivity contribution in [3.05, 3.63) is 70.5 Å². The number of aryl methyl sites for hydroxylation is 1. The highest BCUT2D eigenvalue weighted by molar-refractivity contribution is 5.96. The molecule has 1 saturated carbocycles. The number of hydrogen-bond acceptors (Lipinski definition) is 2. The minimum atomic E-state index is -1.23. The van der Waals surface area contributed by atoms with Crippen molar-refractivity contribution in [3.8, 4) is 0 Å². The van der Waals surface area contributed by atoms with Crippen molar-refractivity contribution in [2.45, 2.75) is 25.8 Å². The first kappa shape index (κ1) is 16.2. The minimum absolute atomic E-state index is 0.141. The molecule has 0 bridgehead atoms. The van der Waals surface area contributed by atoms with E-state index in [2.05, 4.69) is 5.32 Å². The maximum absolute atomic E-state index is 14.1. The van der Waals surface area contributed by atoms with E-state index in [1.54, 1.807) is 0 Å². The van der Waals surface area contributed by atoms with Crippen LogP contribution in [0.25, 0.3) is 0 Å². The Bertz CT molecular complexity index is 782. The summed E-state index contributed by atoms with van der Waals surface area (Å²) < 4.78 is 14.1. The Morgan fingerprint density at radius 1 is 1.17 bits per heavy atom. The van der Waals surface area contributed by atoms with Gasteiger partial charge in [0, 0.05) is 0 Å². The smallest absolute Gasteiger partial charge is 0.335 e. The third kappa shape index (κ3) is 3.45. The average molecular weight is 327 g/mol. The lowest BCUT2D eigenvalue weighted by atomic mass is 10.0. The summed E-state index contributed by atoms with van der Waals surface area (Å²) in [4.78, 5) is 23.3. The number of rotatable bonds is 5. The molecule has 0 saturated heterocycles. The lowest BCUT2D eigenvalue weighted by Crippen LogP contribution is -2.30. The molecular formula is C19H18FNO3. The van der Waals surface area contributed by atoms with Gasteiger partial charge in [0.1, 0.15) is 5.82 Å². The molecule has 4 nitrogen and oxygen atoms in total. The van der Waals surface area contributed by atoms with E-state index in [1.807, 2.05) is 31.2 Å². The molecule has 24 heavy (non-hydrogen) atoms. The van der Waals surface area contributed by atoms with Crippen LogP contribution in [-0.2, 0) is 0 Å². The normalized spacial score (nSPS) is 14.9. The van der Waals surface area contributed by atoms with Crippen molar-refractivity contribution in [3.63, 3.8) is 0 Å². The lowest BCUT2D eigenvalue weighted by Gasteiger charge is -2.19. The van der Waals surface area contributed by atoms with Crippen molar-refractivity contribution < 1.29 is 19.1 Å². The number of benzene rings is 2. The molecule has 1 aliphatic carbocycles. The monoisotopic (exact) mass is 327 g/mol. The van der Waals surface area contributed by atoms with Gasteiger partial charge in [-0.05, 0) is 49.4 Å². The number of hydrogen-bond donors (Lipinski definition) is 2. The number of carbonyl (C=O) groups is 2. The molecule has 2 aromatic carbocycles. The van der Waals surface area contributed by atoms with E-state index in [0.29, 0.717) is 5.92 Å². The zero-order valence-electron chi connectivity index (χ0n) is 13.3. The van der Waals surface area contributed by atoms with E-state index in [9.17, 15) is 14.0 Å². The zero-order chi connectivity index (χ0) is 17.3. The predicted octanol–water partition coefficient (Wildman–Crippen LogP) is 3.71. The molecule has 124 valence electrons. The van der Waals surface area contributed by atoms with E-state index in [0.717, 1.165) is 30.0 Å². The summed E-state index contributed by atoms with van der Waals surface area (Å²) in [7, 11) is 0. The Kier molecular flexibility index (Phi) is 4.34. The molecule has 1 aliphatic rings. The Balaban J connectivity index is 1.81. The maximum Gasteiger partial charge on any atom is 0.335 e. The molecule has 1 fully saturated rings. The van der Waals surface area contributed by atoms with Crippen LogP contribution in [0.1, 0.15) is 50.7 Å². The number of carbonyl (C=O) groups excluding carboxylic acids is 1. The fourth-order valence-electron chi connectivity index (χ4n) is 2.73. The summed E-state index contributed by atoms with van der Waals surface area (Å²) in [5, 5.41) is 11.8. The van der Waals surface area contributed by atoms with E-state index in [1.165, 1.54) is 12.1 Å². The van der Waals surface area contributed by atoms with Crippen LogP contribution in [-0.4, -0.2) is 17.0 Å². The summed E-state index contributed by atoms with van der Waals surface area (Å²) >= 11 is 0. The van der Waals surface area contributed by atoms with Gasteiger partial charge >= 0.3 is 5.97 Å². The van der Waals surface area contributed by atoms with Crippen molar-refractivity contribution in [2.75, 3.05) is 0 Å². The molecule has 1 unspecified atom stereocenters. The van der Waals surface area contributed by atoms with Crippen molar-refractivity contribution in [1.29, 1.82) is 0 Å². The Hall–Kier alpha value is -2.69. The standard InChI is InChI=1S/C19H18FNO3/c1-11-2-4-12(5-3-11)17(13-6-7-13)21-18(22)15-9-8-14(19(23)24)10-16(15)20/h2-5,8-10,13,17H,6-7H2,1H3,(H,21,22)(H,23,24). The van der Waals surface area contributed by atoms with Gasteiger partial charge in [-0.3, -0.25) is 4.79 Å². The number of carboxylic acid groups (broad SMARTS) is 1. The number of aromatic carboxylic acids is 1. The van der Waals surface area contributed by atoms with E-state index in [4.69, 9.17) is 5.11 Å². The second kappa shape index (κ2) is 6.43. The quantitative estimate of drug-likeness (QED) is 0.880. The Morgan fingerprint density at radius 2 is 1.83 bits per heavy atom. The first-order valence-electron chi connectivity index (χ1n) is 7.86. The SMILES string of the molecule is Cc1ccc(C(NC(=O)c2ccc(C(=O)O)cc2F)C2CC2)cc1. The van der Waals surface area contributed by atoms with Gasteiger partial charge in [0.05, 0.1) is 17.2 Å². The molecule has 0 radical (unpaired) electrons. The van der Waals surface area contributed by atoms with Crippen LogP contribution in [0.3, 0.4) is 0 Å². The summed E-state index contributed by atoms with van der Waals surface area (Å²) in [6.07, 6.45) is 2.05. The van der Waals surface area contributed by atoms with Gasteiger partial charge in [0.15, 0.2) is 0 Å². The van der Waals surface area contributed by atoms with Gasteiger partial charge in [0.25, 0.3) is 5.91 Å². The molecule has 1 atom stereocenters. The van der Waals surface area contributed by atoms with Gasteiger partial charge in [-0.2, -0.15) is 0 Å². The Morgan fingerprint density at radius 3 is 2.38 bits per heavy atom. The van der Waals surface area contributed by atoms with Gasteiger partial charge < -0.3 is 10.4 Å². The predicted molar refractivity (Wildman–Crippen MR) is 87.5 cm³/mol. The number of carboxylic acids is 1. The third-order valence-electron chi connectivity index (χ3n) is 4.28. The Labute approximate surface area is 139 Å². The molecule has 3 rings (SSSR count). The highest BCUT2D eigenvalue weighted by Gasteiger charge is 2.34. The number of amides is 1. The van der Waals surface area contributed by atoms with Crippen molar-refractivity contribution in [1.82, 2.24) is 5.32 Å². The fraction of sp³-hybridized carbons (Fsp3) is 0.263. The van der Waals surface area contributed by atoms with Gasteiger partial charge in [-0.1, -0.05) is 29.8 Å². The first-order valence-corrected chi connectivity index (χ1v) is 7.86. The second-order valence-corrected chi connectivity index (χ2v) is 6.20. The number of halogens is 1. The summed E-state index contributed by atoms with van der Waals surface area (Å²) in [5.41, 5.74) is 1.81. The van der Waals surface area contributed by atoms with Crippen LogP contribution in [0.5, 0.6) is 0 Å². The minimum Gasteiger partial charge on any atom is -0.478 e. The fourth-order valence-corrected chi connectivity index (χ4v) is 2.73. The molecule has 5 heteroatoms. The van der Waals surface area contributed by atoms with Gasteiger partial charge in [0.2, 0.25) is 0 Å². The summed E-state index contributed by atoms with van der Waals surface area (Å²) in [6.45, 7) is 1.99. The zero-order valence-corrected chi connectivity index (χ0v) is 13.3. The molecular weight excluding hydrogens is 309 g/mol.